The molecule has 2 nitrogen and oxygen atoms in total. The Labute approximate surface area is 139 Å². The lowest BCUT2D eigenvalue weighted by Crippen LogP contribution is -2.04. The summed E-state index contributed by atoms with van der Waals surface area (Å²) in [6.45, 7) is 2.36. The lowest BCUT2D eigenvalue weighted by molar-refractivity contribution is 0.178. The first-order valence-electron chi connectivity index (χ1n) is 6.56. The summed E-state index contributed by atoms with van der Waals surface area (Å²) in [5.41, 5.74) is 1.41. The van der Waals surface area contributed by atoms with Gasteiger partial charge in [-0.25, -0.2) is 0 Å². The molecule has 0 saturated carbocycles. The van der Waals surface area contributed by atoms with Crippen LogP contribution in [0.25, 0.3) is 0 Å². The Kier molecular flexibility index (Phi) is 5.77. The normalized spacial score (nSPS) is 12.2. The summed E-state index contributed by atoms with van der Waals surface area (Å²) in [7, 11) is 0. The highest BCUT2D eigenvalue weighted by Gasteiger charge is 2.17. The fourth-order valence-corrected chi connectivity index (χ4v) is 2.77. The van der Waals surface area contributed by atoms with Gasteiger partial charge in [0.1, 0.15) is 5.75 Å². The zero-order valence-electron chi connectivity index (χ0n) is 11.4. The Morgan fingerprint density at radius 3 is 2.43 bits per heavy atom. The van der Waals surface area contributed by atoms with Crippen LogP contribution >= 0.6 is 34.8 Å². The summed E-state index contributed by atoms with van der Waals surface area (Å²) in [4.78, 5) is 0. The van der Waals surface area contributed by atoms with Crippen LogP contribution in [-0.2, 0) is 6.42 Å². The van der Waals surface area contributed by atoms with Crippen molar-refractivity contribution in [1.29, 1.82) is 0 Å². The molecule has 0 saturated heterocycles. The van der Waals surface area contributed by atoms with Gasteiger partial charge in [-0.1, -0.05) is 53.0 Å². The van der Waals surface area contributed by atoms with Crippen LogP contribution in [0, 0.1) is 0 Å². The molecule has 0 aliphatic carbocycles. The van der Waals surface area contributed by atoms with Crippen LogP contribution in [0.3, 0.4) is 0 Å². The molecule has 1 N–H and O–H groups in total. The van der Waals surface area contributed by atoms with E-state index in [1.807, 2.05) is 25.1 Å². The van der Waals surface area contributed by atoms with Crippen molar-refractivity contribution >= 4 is 34.8 Å². The fourth-order valence-electron chi connectivity index (χ4n) is 2.05. The van der Waals surface area contributed by atoms with Gasteiger partial charge in [0.25, 0.3) is 0 Å². The van der Waals surface area contributed by atoms with Crippen LogP contribution < -0.4 is 4.74 Å². The van der Waals surface area contributed by atoms with E-state index in [-0.39, 0.29) is 0 Å². The lowest BCUT2D eigenvalue weighted by atomic mass is 10.0. The van der Waals surface area contributed by atoms with Crippen LogP contribution in [0.1, 0.15) is 24.2 Å². The quantitative estimate of drug-likeness (QED) is 0.794. The van der Waals surface area contributed by atoms with Gasteiger partial charge >= 0.3 is 0 Å². The number of aliphatic hydroxyl groups is 1. The molecule has 0 aromatic heterocycles. The SMILES string of the molecule is CCOc1cc(Cl)c(C(O)Cc2ccccc2Cl)cc1Cl. The van der Waals surface area contributed by atoms with Gasteiger partial charge in [-0.2, -0.15) is 0 Å². The van der Waals surface area contributed by atoms with Crippen molar-refractivity contribution in [3.8, 4) is 5.75 Å². The standard InChI is InChI=1S/C16H15Cl3O2/c1-2-21-16-9-13(18)11(8-14(16)19)15(20)7-10-5-3-4-6-12(10)17/h3-6,8-9,15,20H,2,7H2,1H3. The molecule has 21 heavy (non-hydrogen) atoms. The Morgan fingerprint density at radius 2 is 1.76 bits per heavy atom. The highest BCUT2D eigenvalue weighted by atomic mass is 35.5. The number of hydrogen-bond acceptors (Lipinski definition) is 2. The number of ether oxygens (including phenoxy) is 1. The predicted molar refractivity (Wildman–Crippen MR) is 87.7 cm³/mol. The molecule has 0 aliphatic heterocycles. The van der Waals surface area contributed by atoms with Crippen molar-refractivity contribution in [2.24, 2.45) is 0 Å². The summed E-state index contributed by atoms with van der Waals surface area (Å²) >= 11 is 18.4. The smallest absolute Gasteiger partial charge is 0.139 e. The minimum Gasteiger partial charge on any atom is -0.492 e. The van der Waals surface area contributed by atoms with Crippen molar-refractivity contribution < 1.29 is 9.84 Å². The van der Waals surface area contributed by atoms with Crippen molar-refractivity contribution in [2.45, 2.75) is 19.4 Å². The zero-order valence-corrected chi connectivity index (χ0v) is 13.7. The first-order valence-corrected chi connectivity index (χ1v) is 7.69. The van der Waals surface area contributed by atoms with Crippen LogP contribution in [-0.4, -0.2) is 11.7 Å². The molecule has 0 heterocycles. The molecule has 2 aromatic rings. The van der Waals surface area contributed by atoms with Gasteiger partial charge in [-0.15, -0.1) is 0 Å². The maximum absolute atomic E-state index is 10.4. The Balaban J connectivity index is 2.25. The number of benzene rings is 2. The second-order valence-corrected chi connectivity index (χ2v) is 5.77. The van der Waals surface area contributed by atoms with E-state index in [9.17, 15) is 5.11 Å². The van der Waals surface area contributed by atoms with Gasteiger partial charge in [0.05, 0.1) is 22.8 Å². The van der Waals surface area contributed by atoms with E-state index in [1.54, 1.807) is 18.2 Å². The van der Waals surface area contributed by atoms with Crippen molar-refractivity contribution in [3.05, 3.63) is 62.6 Å². The van der Waals surface area contributed by atoms with E-state index in [4.69, 9.17) is 39.5 Å². The molecule has 1 unspecified atom stereocenters. The summed E-state index contributed by atoms with van der Waals surface area (Å²) in [5, 5.41) is 11.8. The number of hydrogen-bond donors (Lipinski definition) is 1. The van der Waals surface area contributed by atoms with E-state index in [0.29, 0.717) is 39.4 Å². The molecule has 112 valence electrons. The third kappa shape index (κ3) is 4.04. The van der Waals surface area contributed by atoms with E-state index >= 15 is 0 Å². The average Bonchev–Trinajstić information content (AvgIpc) is 2.45. The predicted octanol–water partition coefficient (Wildman–Crippen LogP) is 5.32. The van der Waals surface area contributed by atoms with E-state index in [2.05, 4.69) is 0 Å². The van der Waals surface area contributed by atoms with Crippen LogP contribution in [0.15, 0.2) is 36.4 Å². The molecule has 0 aliphatic rings. The highest BCUT2D eigenvalue weighted by Crippen LogP contribution is 2.35. The van der Waals surface area contributed by atoms with Crippen molar-refractivity contribution in [1.82, 2.24) is 0 Å². The molecule has 0 spiro atoms. The lowest BCUT2D eigenvalue weighted by Gasteiger charge is -2.16. The summed E-state index contributed by atoms with van der Waals surface area (Å²) in [6.07, 6.45) is -0.422. The van der Waals surface area contributed by atoms with Gasteiger partial charge in [-0.3, -0.25) is 0 Å². The molecular weight excluding hydrogens is 331 g/mol. The Morgan fingerprint density at radius 1 is 1.05 bits per heavy atom. The van der Waals surface area contributed by atoms with Crippen molar-refractivity contribution in [2.75, 3.05) is 6.61 Å². The van der Waals surface area contributed by atoms with E-state index in [0.717, 1.165) is 5.56 Å². The summed E-state index contributed by atoms with van der Waals surface area (Å²) in [5.74, 6) is 0.512. The third-order valence-corrected chi connectivity index (χ3v) is 4.07. The van der Waals surface area contributed by atoms with Gasteiger partial charge in [0.15, 0.2) is 0 Å². The first-order chi connectivity index (χ1) is 10.0. The number of rotatable bonds is 5. The van der Waals surface area contributed by atoms with E-state index < -0.39 is 6.10 Å². The van der Waals surface area contributed by atoms with Gasteiger partial charge in [-0.05, 0) is 24.6 Å². The zero-order chi connectivity index (χ0) is 15.4. The topological polar surface area (TPSA) is 29.5 Å². The maximum Gasteiger partial charge on any atom is 0.139 e. The molecule has 1 atom stereocenters. The highest BCUT2D eigenvalue weighted by molar-refractivity contribution is 6.34. The Bertz CT molecular complexity index is 629. The molecule has 0 radical (unpaired) electrons. The number of halogens is 3. The monoisotopic (exact) mass is 344 g/mol. The van der Waals surface area contributed by atoms with Crippen LogP contribution in [0.2, 0.25) is 15.1 Å². The minimum absolute atomic E-state index is 0.365. The molecule has 2 aromatic carbocycles. The molecule has 0 amide bonds. The fraction of sp³-hybridized carbons (Fsp3) is 0.250. The molecule has 2 rings (SSSR count). The van der Waals surface area contributed by atoms with Gasteiger partial charge < -0.3 is 9.84 Å². The molecular formula is C16H15Cl3O2. The molecule has 0 fully saturated rings. The van der Waals surface area contributed by atoms with Crippen molar-refractivity contribution in [3.63, 3.8) is 0 Å². The summed E-state index contributed by atoms with van der Waals surface area (Å²) < 4.78 is 5.37. The van der Waals surface area contributed by atoms with E-state index in [1.165, 1.54) is 0 Å². The van der Waals surface area contributed by atoms with Gasteiger partial charge in [0.2, 0.25) is 0 Å². The molecule has 0 bridgehead atoms. The second kappa shape index (κ2) is 7.37. The van der Waals surface area contributed by atoms with Crippen LogP contribution in [0.5, 0.6) is 5.75 Å². The minimum atomic E-state index is -0.787. The largest absolute Gasteiger partial charge is 0.492 e. The third-order valence-electron chi connectivity index (χ3n) is 3.08. The van der Waals surface area contributed by atoms with Crippen LogP contribution in [0.4, 0.5) is 0 Å². The first kappa shape index (κ1) is 16.4. The Hall–Kier alpha value is -0.930. The summed E-state index contributed by atoms with van der Waals surface area (Å²) in [6, 6.07) is 10.6. The second-order valence-electron chi connectivity index (χ2n) is 4.55. The maximum atomic E-state index is 10.4. The number of aliphatic hydroxyl groups excluding tert-OH is 1. The van der Waals surface area contributed by atoms with Gasteiger partial charge in [0, 0.05) is 23.1 Å². The molecule has 5 heteroatoms. The average molecular weight is 346 g/mol.